The average molecular weight is 297 g/mol. The Morgan fingerprint density at radius 2 is 1.82 bits per heavy atom. The minimum atomic E-state index is -0.494. The maximum Gasteiger partial charge on any atom is 0.321 e. The molecule has 1 unspecified atom stereocenters. The quantitative estimate of drug-likeness (QED) is 0.812. The minimum Gasteiger partial charge on any atom is -0.374 e. The fourth-order valence-electron chi connectivity index (χ4n) is 2.26. The maximum absolute atomic E-state index is 12.0. The van der Waals surface area contributed by atoms with Gasteiger partial charge in [0.1, 0.15) is 6.04 Å². The van der Waals surface area contributed by atoms with Gasteiger partial charge in [-0.05, 0) is 42.7 Å². The predicted molar refractivity (Wildman–Crippen MR) is 86.7 cm³/mol. The number of hydrogen-bond acceptors (Lipinski definition) is 3. The van der Waals surface area contributed by atoms with Crippen molar-refractivity contribution in [2.24, 2.45) is 0 Å². The van der Waals surface area contributed by atoms with Crippen LogP contribution in [0.4, 0.5) is 10.5 Å². The molecule has 5 nitrogen and oxygen atoms in total. The lowest BCUT2D eigenvalue weighted by Crippen LogP contribution is -2.46. The largest absolute Gasteiger partial charge is 0.374 e. The number of amides is 3. The summed E-state index contributed by atoms with van der Waals surface area (Å²) in [4.78, 5) is 23.6. The molecule has 1 aliphatic carbocycles. The summed E-state index contributed by atoms with van der Waals surface area (Å²) in [6.07, 6.45) is 1.99. The van der Waals surface area contributed by atoms with E-state index in [9.17, 15) is 9.59 Å². The van der Waals surface area contributed by atoms with Crippen LogP contribution in [0.5, 0.6) is 0 Å². The van der Waals surface area contributed by atoms with Crippen molar-refractivity contribution in [1.82, 2.24) is 10.6 Å². The number of urea groups is 1. The van der Waals surface area contributed by atoms with Crippen molar-refractivity contribution in [3.63, 3.8) is 0 Å². The highest BCUT2D eigenvalue weighted by Gasteiger charge is 2.24. The Hall–Kier alpha value is -2.56. The third-order valence-corrected chi connectivity index (χ3v) is 3.68. The van der Waals surface area contributed by atoms with Gasteiger partial charge in [-0.2, -0.15) is 0 Å². The van der Waals surface area contributed by atoms with E-state index in [4.69, 9.17) is 0 Å². The molecule has 1 aliphatic rings. The molecular formula is C17H19N3O2. The van der Waals surface area contributed by atoms with Gasteiger partial charge >= 0.3 is 6.03 Å². The first-order valence-electron chi connectivity index (χ1n) is 7.48. The van der Waals surface area contributed by atoms with Gasteiger partial charge in [0.25, 0.3) is 0 Å². The number of hydrogen-bond donors (Lipinski definition) is 3. The predicted octanol–water partition coefficient (Wildman–Crippen LogP) is 2.63. The Morgan fingerprint density at radius 3 is 2.55 bits per heavy atom. The number of rotatable bonds is 4. The number of carbonyl (C=O) groups is 2. The fourth-order valence-corrected chi connectivity index (χ4v) is 2.26. The molecular weight excluding hydrogens is 278 g/mol. The summed E-state index contributed by atoms with van der Waals surface area (Å²) in [5.41, 5.74) is 0.851. The maximum atomic E-state index is 12.0. The normalized spacial score (nSPS) is 15.1. The highest BCUT2D eigenvalue weighted by molar-refractivity contribution is 5.98. The van der Waals surface area contributed by atoms with E-state index in [0.717, 1.165) is 29.3 Å². The van der Waals surface area contributed by atoms with Gasteiger partial charge in [0.05, 0.1) is 0 Å². The molecule has 3 rings (SSSR count). The Bertz CT molecular complexity index is 710. The first-order chi connectivity index (χ1) is 10.6. The van der Waals surface area contributed by atoms with Crippen LogP contribution in [0.15, 0.2) is 42.5 Å². The first kappa shape index (κ1) is 14.4. The monoisotopic (exact) mass is 297 g/mol. The minimum absolute atomic E-state index is 0.233. The number of fused-ring (bicyclic) bond motifs is 1. The topological polar surface area (TPSA) is 70.2 Å². The Morgan fingerprint density at radius 1 is 1.09 bits per heavy atom. The number of nitrogens with one attached hydrogen (secondary N) is 3. The van der Waals surface area contributed by atoms with Crippen molar-refractivity contribution in [2.75, 3.05) is 5.32 Å². The molecule has 3 N–H and O–H groups in total. The summed E-state index contributed by atoms with van der Waals surface area (Å²) >= 11 is 0. The highest BCUT2D eigenvalue weighted by atomic mass is 16.2. The Kier molecular flexibility index (Phi) is 3.96. The molecule has 0 aromatic heterocycles. The lowest BCUT2D eigenvalue weighted by atomic mass is 10.1. The summed E-state index contributed by atoms with van der Waals surface area (Å²) < 4.78 is 0. The van der Waals surface area contributed by atoms with E-state index in [1.54, 1.807) is 6.92 Å². The number of carbonyl (C=O) groups excluding carboxylic acids is 2. The standard InChI is InChI=1S/C17H19N3O2/c1-11(16(21)20-17(22)19-14-8-9-14)18-15-7-6-12-4-2-3-5-13(12)10-15/h2-7,10-11,14,18H,8-9H2,1H3,(H2,19,20,21,22). The smallest absolute Gasteiger partial charge is 0.321 e. The molecule has 0 heterocycles. The molecule has 22 heavy (non-hydrogen) atoms. The first-order valence-corrected chi connectivity index (χ1v) is 7.48. The molecule has 0 saturated heterocycles. The van der Waals surface area contributed by atoms with Gasteiger partial charge in [-0.3, -0.25) is 10.1 Å². The van der Waals surface area contributed by atoms with Crippen molar-refractivity contribution in [2.45, 2.75) is 31.8 Å². The van der Waals surface area contributed by atoms with Crippen LogP contribution < -0.4 is 16.0 Å². The molecule has 5 heteroatoms. The SMILES string of the molecule is CC(Nc1ccc2ccccc2c1)C(=O)NC(=O)NC1CC1. The van der Waals surface area contributed by atoms with Gasteiger partial charge in [0.15, 0.2) is 0 Å². The molecule has 2 aromatic carbocycles. The van der Waals surface area contributed by atoms with Crippen LogP contribution in [0.3, 0.4) is 0 Å². The van der Waals surface area contributed by atoms with Crippen molar-refractivity contribution >= 4 is 28.4 Å². The zero-order chi connectivity index (χ0) is 15.5. The third kappa shape index (κ3) is 3.55. The molecule has 2 aromatic rings. The van der Waals surface area contributed by atoms with Gasteiger partial charge < -0.3 is 10.6 Å². The molecule has 0 spiro atoms. The molecule has 114 valence electrons. The Labute approximate surface area is 129 Å². The van der Waals surface area contributed by atoms with E-state index in [1.165, 1.54) is 0 Å². The van der Waals surface area contributed by atoms with Crippen LogP contribution in [-0.4, -0.2) is 24.0 Å². The van der Waals surface area contributed by atoms with Crippen molar-refractivity contribution < 1.29 is 9.59 Å². The zero-order valence-electron chi connectivity index (χ0n) is 12.4. The second-order valence-electron chi connectivity index (χ2n) is 5.66. The summed E-state index contributed by atoms with van der Waals surface area (Å²) in [6.45, 7) is 1.73. The van der Waals surface area contributed by atoms with E-state index in [0.29, 0.717) is 0 Å². The molecule has 0 bridgehead atoms. The van der Waals surface area contributed by atoms with Crippen LogP contribution in [0, 0.1) is 0 Å². The van der Waals surface area contributed by atoms with Gasteiger partial charge in [-0.15, -0.1) is 0 Å². The highest BCUT2D eigenvalue weighted by Crippen LogP contribution is 2.19. The van der Waals surface area contributed by atoms with Crippen LogP contribution in [-0.2, 0) is 4.79 Å². The van der Waals surface area contributed by atoms with Crippen LogP contribution in [0.2, 0.25) is 0 Å². The number of imide groups is 1. The van der Waals surface area contributed by atoms with E-state index in [-0.39, 0.29) is 11.9 Å². The lowest BCUT2D eigenvalue weighted by molar-refractivity contribution is -0.120. The zero-order valence-corrected chi connectivity index (χ0v) is 12.4. The van der Waals surface area contributed by atoms with Crippen LogP contribution in [0.1, 0.15) is 19.8 Å². The van der Waals surface area contributed by atoms with Crippen molar-refractivity contribution in [1.29, 1.82) is 0 Å². The van der Waals surface area contributed by atoms with Crippen molar-refractivity contribution in [3.8, 4) is 0 Å². The fraction of sp³-hybridized carbons (Fsp3) is 0.294. The lowest BCUT2D eigenvalue weighted by Gasteiger charge is -2.15. The third-order valence-electron chi connectivity index (χ3n) is 3.68. The molecule has 0 aliphatic heterocycles. The van der Waals surface area contributed by atoms with Crippen LogP contribution in [0.25, 0.3) is 10.8 Å². The van der Waals surface area contributed by atoms with Gasteiger partial charge in [0.2, 0.25) is 5.91 Å². The molecule has 1 saturated carbocycles. The second kappa shape index (κ2) is 6.05. The number of anilines is 1. The second-order valence-corrected chi connectivity index (χ2v) is 5.66. The van der Waals surface area contributed by atoms with E-state index in [2.05, 4.69) is 16.0 Å². The average Bonchev–Trinajstić information content (AvgIpc) is 3.30. The summed E-state index contributed by atoms with van der Waals surface area (Å²) in [7, 11) is 0. The van der Waals surface area contributed by atoms with Gasteiger partial charge in [0, 0.05) is 11.7 Å². The molecule has 1 fully saturated rings. The van der Waals surface area contributed by atoms with E-state index in [1.807, 2.05) is 42.5 Å². The van der Waals surface area contributed by atoms with Gasteiger partial charge in [-0.25, -0.2) is 4.79 Å². The van der Waals surface area contributed by atoms with E-state index >= 15 is 0 Å². The summed E-state index contributed by atoms with van der Waals surface area (Å²) in [6, 6.07) is 13.3. The van der Waals surface area contributed by atoms with Gasteiger partial charge in [-0.1, -0.05) is 30.3 Å². The summed E-state index contributed by atoms with van der Waals surface area (Å²) in [5, 5.41) is 10.5. The molecule has 0 radical (unpaired) electrons. The van der Waals surface area contributed by atoms with E-state index < -0.39 is 12.1 Å². The Balaban J connectivity index is 1.60. The number of benzene rings is 2. The molecule has 3 amide bonds. The summed E-state index contributed by atoms with van der Waals surface area (Å²) in [5.74, 6) is -0.341. The van der Waals surface area contributed by atoms with Crippen LogP contribution >= 0.6 is 0 Å². The molecule has 1 atom stereocenters. The van der Waals surface area contributed by atoms with Crippen molar-refractivity contribution in [3.05, 3.63) is 42.5 Å².